The lowest BCUT2D eigenvalue weighted by atomic mass is 10.1. The molecule has 1 N–H and O–H groups in total. The minimum Gasteiger partial charge on any atom is -0.494 e. The predicted molar refractivity (Wildman–Crippen MR) is 102 cm³/mol. The molecule has 9 heteroatoms. The predicted octanol–water partition coefficient (Wildman–Crippen LogP) is 1.31. The van der Waals surface area contributed by atoms with Crippen LogP contribution < -0.4 is 10.1 Å². The van der Waals surface area contributed by atoms with Crippen molar-refractivity contribution in [3.63, 3.8) is 0 Å². The number of ether oxygens (including phenoxy) is 2. The number of halogens is 3. The van der Waals surface area contributed by atoms with Gasteiger partial charge >= 0.3 is 0 Å². The Hall–Kier alpha value is -1.12. The molecule has 148 valence electrons. The van der Waals surface area contributed by atoms with Crippen LogP contribution in [0.15, 0.2) is 18.2 Å². The molecule has 0 aliphatic carbocycles. The van der Waals surface area contributed by atoms with Crippen LogP contribution in [0.3, 0.4) is 0 Å². The van der Waals surface area contributed by atoms with E-state index in [1.807, 2.05) is 11.0 Å². The Morgan fingerprint density at radius 2 is 2.04 bits per heavy atom. The second-order valence-corrected chi connectivity index (χ2v) is 6.13. The maximum Gasteiger partial charge on any atom is 0.253 e. The standard InChI is InChI=1S/C17H24FN3O3.2ClH/c1-23-15-3-2-13(10-14(15)18)12-20-5-7-21(8-6-20)17(22)16-11-19-4-9-24-16;;/h2-3,10,16,19H,4-9,11-12H2,1H3;2*1H. The van der Waals surface area contributed by atoms with Crippen molar-refractivity contribution in [1.82, 2.24) is 15.1 Å². The number of rotatable bonds is 4. The van der Waals surface area contributed by atoms with E-state index in [0.29, 0.717) is 32.8 Å². The number of carbonyl (C=O) groups excluding carboxylic acids is 1. The topological polar surface area (TPSA) is 54.0 Å². The largest absolute Gasteiger partial charge is 0.494 e. The summed E-state index contributed by atoms with van der Waals surface area (Å²) in [6.45, 7) is 5.55. The van der Waals surface area contributed by atoms with Gasteiger partial charge in [-0.15, -0.1) is 24.8 Å². The summed E-state index contributed by atoms with van der Waals surface area (Å²) in [5, 5.41) is 3.18. The number of benzene rings is 1. The van der Waals surface area contributed by atoms with Gasteiger partial charge in [0.15, 0.2) is 11.6 Å². The van der Waals surface area contributed by atoms with E-state index in [0.717, 1.165) is 25.2 Å². The molecule has 0 saturated carbocycles. The maximum absolute atomic E-state index is 13.8. The number of nitrogens with zero attached hydrogens (tertiary/aromatic N) is 2. The molecule has 1 amide bonds. The average Bonchev–Trinajstić information content (AvgIpc) is 2.63. The van der Waals surface area contributed by atoms with Crippen LogP contribution in [0.5, 0.6) is 5.75 Å². The Bertz CT molecular complexity index is 580. The lowest BCUT2D eigenvalue weighted by Gasteiger charge is -2.37. The second kappa shape index (κ2) is 10.9. The zero-order valence-electron chi connectivity index (χ0n) is 14.8. The molecule has 0 radical (unpaired) electrons. The minimum atomic E-state index is -0.360. The molecule has 0 bridgehead atoms. The first-order chi connectivity index (χ1) is 11.7. The number of nitrogens with one attached hydrogen (secondary N) is 1. The van der Waals surface area contributed by atoms with Crippen LogP contribution in [0.2, 0.25) is 0 Å². The summed E-state index contributed by atoms with van der Waals surface area (Å²) in [4.78, 5) is 16.5. The van der Waals surface area contributed by atoms with Gasteiger partial charge in [0.05, 0.1) is 13.7 Å². The SMILES string of the molecule is COc1ccc(CN2CCN(C(=O)C3CNCCO3)CC2)cc1F.Cl.Cl. The van der Waals surface area contributed by atoms with E-state index in [9.17, 15) is 9.18 Å². The fourth-order valence-electron chi connectivity index (χ4n) is 3.12. The molecule has 1 atom stereocenters. The highest BCUT2D eigenvalue weighted by atomic mass is 35.5. The monoisotopic (exact) mass is 409 g/mol. The number of morpholine rings is 1. The first-order valence-corrected chi connectivity index (χ1v) is 8.33. The van der Waals surface area contributed by atoms with Gasteiger partial charge in [-0.05, 0) is 17.7 Å². The van der Waals surface area contributed by atoms with Crippen molar-refractivity contribution < 1.29 is 18.7 Å². The average molecular weight is 410 g/mol. The highest BCUT2D eigenvalue weighted by Crippen LogP contribution is 2.19. The smallest absolute Gasteiger partial charge is 0.253 e. The van der Waals surface area contributed by atoms with Crippen LogP contribution in [0.25, 0.3) is 0 Å². The van der Waals surface area contributed by atoms with E-state index in [-0.39, 0.29) is 48.4 Å². The summed E-state index contributed by atoms with van der Waals surface area (Å²) in [5.74, 6) is -0.0154. The quantitative estimate of drug-likeness (QED) is 0.812. The van der Waals surface area contributed by atoms with Crippen molar-refractivity contribution >= 4 is 30.7 Å². The maximum atomic E-state index is 13.8. The molecule has 1 aromatic carbocycles. The van der Waals surface area contributed by atoms with Gasteiger partial charge in [0.25, 0.3) is 5.91 Å². The summed E-state index contributed by atoms with van der Waals surface area (Å²) in [6.07, 6.45) is -0.360. The van der Waals surface area contributed by atoms with Crippen LogP contribution in [-0.4, -0.2) is 74.8 Å². The third-order valence-electron chi connectivity index (χ3n) is 4.51. The van der Waals surface area contributed by atoms with Crippen molar-refractivity contribution in [2.45, 2.75) is 12.6 Å². The minimum absolute atomic E-state index is 0. The molecular formula is C17H26Cl2FN3O3. The Balaban J connectivity index is 0.00000169. The van der Waals surface area contributed by atoms with Gasteiger partial charge in [0, 0.05) is 45.8 Å². The molecule has 2 aliphatic heterocycles. The van der Waals surface area contributed by atoms with Crippen LogP contribution in [0, 0.1) is 5.82 Å². The Morgan fingerprint density at radius 3 is 2.62 bits per heavy atom. The number of methoxy groups -OCH3 is 1. The first kappa shape index (κ1) is 22.9. The van der Waals surface area contributed by atoms with Gasteiger partial charge in [0.2, 0.25) is 0 Å². The summed E-state index contributed by atoms with van der Waals surface area (Å²) in [7, 11) is 1.46. The van der Waals surface area contributed by atoms with Gasteiger partial charge in [-0.3, -0.25) is 9.69 Å². The Labute approximate surface area is 165 Å². The van der Waals surface area contributed by atoms with Crippen LogP contribution in [0.1, 0.15) is 5.56 Å². The molecule has 2 saturated heterocycles. The number of carbonyl (C=O) groups is 1. The number of amides is 1. The Kier molecular flexibility index (Phi) is 9.60. The molecule has 2 heterocycles. The summed E-state index contributed by atoms with van der Waals surface area (Å²) in [5.41, 5.74) is 0.910. The number of piperazine rings is 1. The highest BCUT2D eigenvalue weighted by Gasteiger charge is 2.29. The van der Waals surface area contributed by atoms with Crippen molar-refractivity contribution in [2.75, 3.05) is 53.0 Å². The van der Waals surface area contributed by atoms with E-state index in [4.69, 9.17) is 9.47 Å². The van der Waals surface area contributed by atoms with Gasteiger partial charge in [0.1, 0.15) is 6.10 Å². The van der Waals surface area contributed by atoms with E-state index in [1.54, 1.807) is 6.07 Å². The van der Waals surface area contributed by atoms with E-state index in [2.05, 4.69) is 10.2 Å². The van der Waals surface area contributed by atoms with E-state index in [1.165, 1.54) is 13.2 Å². The van der Waals surface area contributed by atoms with Crippen LogP contribution in [-0.2, 0) is 16.1 Å². The molecule has 26 heavy (non-hydrogen) atoms. The number of hydrogen-bond donors (Lipinski definition) is 1. The van der Waals surface area contributed by atoms with Crippen molar-refractivity contribution in [3.8, 4) is 5.75 Å². The highest BCUT2D eigenvalue weighted by molar-refractivity contribution is 5.85. The summed E-state index contributed by atoms with van der Waals surface area (Å²) in [6, 6.07) is 5.04. The lowest BCUT2D eigenvalue weighted by Crippen LogP contribution is -2.54. The van der Waals surface area contributed by atoms with Gasteiger partial charge < -0.3 is 19.7 Å². The molecule has 3 rings (SSSR count). The molecule has 0 spiro atoms. The summed E-state index contributed by atoms with van der Waals surface area (Å²) >= 11 is 0. The lowest BCUT2D eigenvalue weighted by molar-refractivity contribution is -0.147. The fourth-order valence-corrected chi connectivity index (χ4v) is 3.12. The fraction of sp³-hybridized carbons (Fsp3) is 0.588. The molecule has 2 aliphatic rings. The van der Waals surface area contributed by atoms with Crippen molar-refractivity contribution in [3.05, 3.63) is 29.6 Å². The van der Waals surface area contributed by atoms with Gasteiger partial charge in [-0.1, -0.05) is 6.07 Å². The molecule has 1 aromatic rings. The first-order valence-electron chi connectivity index (χ1n) is 8.33. The zero-order valence-corrected chi connectivity index (χ0v) is 16.4. The summed E-state index contributed by atoms with van der Waals surface area (Å²) < 4.78 is 24.2. The van der Waals surface area contributed by atoms with Gasteiger partial charge in [-0.2, -0.15) is 0 Å². The molecule has 0 aromatic heterocycles. The van der Waals surface area contributed by atoms with Crippen LogP contribution >= 0.6 is 24.8 Å². The van der Waals surface area contributed by atoms with Gasteiger partial charge in [-0.25, -0.2) is 4.39 Å². The van der Waals surface area contributed by atoms with E-state index < -0.39 is 0 Å². The second-order valence-electron chi connectivity index (χ2n) is 6.13. The third-order valence-corrected chi connectivity index (χ3v) is 4.51. The number of hydrogen-bond acceptors (Lipinski definition) is 5. The van der Waals surface area contributed by atoms with Crippen molar-refractivity contribution in [1.29, 1.82) is 0 Å². The molecule has 1 unspecified atom stereocenters. The molecular weight excluding hydrogens is 384 g/mol. The molecule has 6 nitrogen and oxygen atoms in total. The molecule has 2 fully saturated rings. The third kappa shape index (κ3) is 5.69. The zero-order chi connectivity index (χ0) is 16.9. The normalized spacial score (nSPS) is 20.7. The van der Waals surface area contributed by atoms with E-state index >= 15 is 0 Å². The van der Waals surface area contributed by atoms with Crippen molar-refractivity contribution in [2.24, 2.45) is 0 Å². The Morgan fingerprint density at radius 1 is 1.31 bits per heavy atom. The van der Waals surface area contributed by atoms with Crippen LogP contribution in [0.4, 0.5) is 4.39 Å².